The molecule has 0 aliphatic carbocycles. The average molecular weight is 202 g/mol. The highest BCUT2D eigenvalue weighted by Gasteiger charge is 1.96. The summed E-state index contributed by atoms with van der Waals surface area (Å²) in [6.07, 6.45) is 4.28. The van der Waals surface area contributed by atoms with Crippen LogP contribution in [0.15, 0.2) is 36.9 Å². The second kappa shape index (κ2) is 4.70. The normalized spacial score (nSPS) is 10.5. The van der Waals surface area contributed by atoms with E-state index < -0.39 is 0 Å². The van der Waals surface area contributed by atoms with E-state index in [9.17, 15) is 0 Å². The molecule has 1 aromatic heterocycles. The largest absolute Gasteiger partial charge is 0.319 e. The first-order chi connectivity index (χ1) is 7.40. The summed E-state index contributed by atoms with van der Waals surface area (Å²) >= 11 is 0. The monoisotopic (exact) mass is 202 g/mol. The topological polar surface area (TPSA) is 42.7 Å². The first-order valence-corrected chi connectivity index (χ1v) is 4.98. The Morgan fingerprint density at radius 3 is 2.67 bits per heavy atom. The summed E-state index contributed by atoms with van der Waals surface area (Å²) in [5.74, 6) is 0. The van der Waals surface area contributed by atoms with E-state index in [4.69, 9.17) is 0 Å². The van der Waals surface area contributed by atoms with Crippen molar-refractivity contribution < 1.29 is 0 Å². The number of likely N-dealkylation sites (N-methyl/N-ethyl adjacent to an activating group) is 1. The van der Waals surface area contributed by atoms with Crippen LogP contribution < -0.4 is 5.32 Å². The molecule has 0 radical (unpaired) electrons. The molecule has 0 amide bonds. The zero-order valence-electron chi connectivity index (χ0n) is 8.72. The molecule has 4 heteroatoms. The SMILES string of the molecule is CNCCc1ccc(-n2cncn2)cc1. The highest BCUT2D eigenvalue weighted by atomic mass is 15.3. The molecule has 2 rings (SSSR count). The molecular formula is C11H14N4. The van der Waals surface area contributed by atoms with Crippen LogP contribution >= 0.6 is 0 Å². The van der Waals surface area contributed by atoms with Crippen molar-refractivity contribution in [2.45, 2.75) is 6.42 Å². The molecule has 15 heavy (non-hydrogen) atoms. The fourth-order valence-electron chi connectivity index (χ4n) is 1.43. The van der Waals surface area contributed by atoms with Gasteiger partial charge in [-0.15, -0.1) is 0 Å². The van der Waals surface area contributed by atoms with Gasteiger partial charge in [-0.05, 0) is 37.7 Å². The number of hydrogen-bond donors (Lipinski definition) is 1. The molecule has 0 atom stereocenters. The molecule has 0 fully saturated rings. The molecule has 0 unspecified atom stereocenters. The van der Waals surface area contributed by atoms with Crippen molar-refractivity contribution >= 4 is 0 Å². The maximum atomic E-state index is 4.07. The van der Waals surface area contributed by atoms with Gasteiger partial charge in [-0.1, -0.05) is 12.1 Å². The number of nitrogens with one attached hydrogen (secondary N) is 1. The van der Waals surface area contributed by atoms with Crippen LogP contribution in [0.1, 0.15) is 5.56 Å². The Balaban J connectivity index is 2.11. The number of benzene rings is 1. The van der Waals surface area contributed by atoms with Gasteiger partial charge in [0.1, 0.15) is 12.7 Å². The minimum absolute atomic E-state index is 1.00. The fourth-order valence-corrected chi connectivity index (χ4v) is 1.43. The van der Waals surface area contributed by atoms with Crippen molar-refractivity contribution in [3.05, 3.63) is 42.5 Å². The van der Waals surface area contributed by atoms with Crippen LogP contribution in [0.3, 0.4) is 0 Å². The molecule has 0 aliphatic rings. The van der Waals surface area contributed by atoms with Crippen molar-refractivity contribution in [3.63, 3.8) is 0 Å². The number of rotatable bonds is 4. The molecule has 1 N–H and O–H groups in total. The van der Waals surface area contributed by atoms with E-state index in [2.05, 4.69) is 39.7 Å². The third-order valence-electron chi connectivity index (χ3n) is 2.28. The molecule has 1 heterocycles. The van der Waals surface area contributed by atoms with Gasteiger partial charge in [0, 0.05) is 0 Å². The van der Waals surface area contributed by atoms with E-state index in [1.54, 1.807) is 11.0 Å². The van der Waals surface area contributed by atoms with Gasteiger partial charge in [0.2, 0.25) is 0 Å². The quantitative estimate of drug-likeness (QED) is 0.805. The maximum Gasteiger partial charge on any atom is 0.138 e. The fraction of sp³-hybridized carbons (Fsp3) is 0.273. The van der Waals surface area contributed by atoms with Crippen LogP contribution in [-0.4, -0.2) is 28.4 Å². The van der Waals surface area contributed by atoms with Gasteiger partial charge in [0.25, 0.3) is 0 Å². The van der Waals surface area contributed by atoms with Crippen LogP contribution in [0, 0.1) is 0 Å². The van der Waals surface area contributed by atoms with Gasteiger partial charge in [-0.2, -0.15) is 5.10 Å². The van der Waals surface area contributed by atoms with E-state index >= 15 is 0 Å². The van der Waals surface area contributed by atoms with Gasteiger partial charge < -0.3 is 5.32 Å². The molecule has 0 spiro atoms. The van der Waals surface area contributed by atoms with Crippen molar-refractivity contribution in [2.75, 3.05) is 13.6 Å². The second-order valence-electron chi connectivity index (χ2n) is 3.36. The summed E-state index contributed by atoms with van der Waals surface area (Å²) in [7, 11) is 1.96. The van der Waals surface area contributed by atoms with Crippen LogP contribution in [0.25, 0.3) is 5.69 Å². The maximum absolute atomic E-state index is 4.07. The Bertz CT molecular complexity index is 391. The van der Waals surface area contributed by atoms with Crippen LogP contribution in [-0.2, 0) is 6.42 Å². The molecule has 2 aromatic rings. The lowest BCUT2D eigenvalue weighted by Gasteiger charge is -2.03. The lowest BCUT2D eigenvalue weighted by molar-refractivity contribution is 0.790. The van der Waals surface area contributed by atoms with Gasteiger partial charge in [0.05, 0.1) is 5.69 Å². The predicted octanol–water partition coefficient (Wildman–Crippen LogP) is 1.03. The van der Waals surface area contributed by atoms with Gasteiger partial charge in [-0.25, -0.2) is 9.67 Å². The highest BCUT2D eigenvalue weighted by molar-refractivity contribution is 5.33. The van der Waals surface area contributed by atoms with E-state index in [0.717, 1.165) is 18.7 Å². The third kappa shape index (κ3) is 2.41. The first kappa shape index (κ1) is 9.86. The number of hydrogen-bond acceptors (Lipinski definition) is 3. The van der Waals surface area contributed by atoms with Crippen molar-refractivity contribution in [2.24, 2.45) is 0 Å². The molecule has 1 aromatic carbocycles. The number of nitrogens with zero attached hydrogens (tertiary/aromatic N) is 3. The third-order valence-corrected chi connectivity index (χ3v) is 2.28. The Hall–Kier alpha value is -1.68. The molecule has 0 aliphatic heterocycles. The van der Waals surface area contributed by atoms with Gasteiger partial charge in [-0.3, -0.25) is 0 Å². The smallest absolute Gasteiger partial charge is 0.138 e. The molecular weight excluding hydrogens is 188 g/mol. The minimum atomic E-state index is 1.00. The van der Waals surface area contributed by atoms with E-state index in [-0.39, 0.29) is 0 Å². The zero-order chi connectivity index (χ0) is 10.5. The van der Waals surface area contributed by atoms with Crippen LogP contribution in [0.5, 0.6) is 0 Å². The van der Waals surface area contributed by atoms with E-state index in [0.29, 0.717) is 0 Å². The summed E-state index contributed by atoms with van der Waals surface area (Å²) in [6.45, 7) is 1.00. The van der Waals surface area contributed by atoms with Crippen LogP contribution in [0.4, 0.5) is 0 Å². The summed E-state index contributed by atoms with van der Waals surface area (Å²) in [5, 5.41) is 7.20. The number of aromatic nitrogens is 3. The Morgan fingerprint density at radius 1 is 1.27 bits per heavy atom. The predicted molar refractivity (Wildman–Crippen MR) is 59.0 cm³/mol. The first-order valence-electron chi connectivity index (χ1n) is 4.98. The molecule has 0 bridgehead atoms. The second-order valence-corrected chi connectivity index (χ2v) is 3.36. The van der Waals surface area contributed by atoms with Gasteiger partial charge in [0.15, 0.2) is 0 Å². The van der Waals surface area contributed by atoms with Crippen LogP contribution in [0.2, 0.25) is 0 Å². The molecule has 4 nitrogen and oxygen atoms in total. The minimum Gasteiger partial charge on any atom is -0.319 e. The van der Waals surface area contributed by atoms with Crippen molar-refractivity contribution in [1.82, 2.24) is 20.1 Å². The zero-order valence-corrected chi connectivity index (χ0v) is 8.72. The molecule has 0 saturated carbocycles. The summed E-state index contributed by atoms with van der Waals surface area (Å²) < 4.78 is 1.75. The van der Waals surface area contributed by atoms with Gasteiger partial charge >= 0.3 is 0 Å². The van der Waals surface area contributed by atoms with E-state index in [1.807, 2.05) is 7.05 Å². The average Bonchev–Trinajstić information content (AvgIpc) is 2.80. The highest BCUT2D eigenvalue weighted by Crippen LogP contribution is 2.07. The van der Waals surface area contributed by atoms with E-state index in [1.165, 1.54) is 11.9 Å². The summed E-state index contributed by atoms with van der Waals surface area (Å²) in [6, 6.07) is 8.35. The Morgan fingerprint density at radius 2 is 2.07 bits per heavy atom. The van der Waals surface area contributed by atoms with Crippen molar-refractivity contribution in [3.8, 4) is 5.69 Å². The summed E-state index contributed by atoms with van der Waals surface area (Å²) in [5.41, 5.74) is 2.37. The summed E-state index contributed by atoms with van der Waals surface area (Å²) in [4.78, 5) is 3.91. The molecule has 78 valence electrons. The standard InChI is InChI=1S/C11H14N4/c1-12-7-6-10-2-4-11(5-3-10)15-9-13-8-14-15/h2-5,8-9,12H,6-7H2,1H3. The lowest BCUT2D eigenvalue weighted by atomic mass is 10.1. The Kier molecular flexibility index (Phi) is 3.09. The lowest BCUT2D eigenvalue weighted by Crippen LogP contribution is -2.10. The molecule has 0 saturated heterocycles. The Labute approximate surface area is 89.0 Å². The van der Waals surface area contributed by atoms with Crippen molar-refractivity contribution in [1.29, 1.82) is 0 Å².